The molecule has 4 atom stereocenters. The Hall–Kier alpha value is -3.04. The van der Waals surface area contributed by atoms with Gasteiger partial charge in [-0.1, -0.05) is 58.4 Å². The van der Waals surface area contributed by atoms with E-state index in [1.165, 1.54) is 11.3 Å². The number of aliphatic hydroxyl groups excluding tert-OH is 5. The molecule has 0 fully saturated rings. The van der Waals surface area contributed by atoms with Gasteiger partial charge in [-0.15, -0.1) is 16.4 Å². The molecule has 0 spiro atoms. The smallest absolute Gasteiger partial charge is 0.260 e. The van der Waals surface area contributed by atoms with Crippen LogP contribution in [0.25, 0.3) is 11.3 Å². The Morgan fingerprint density at radius 3 is 2.43 bits per heavy atom. The van der Waals surface area contributed by atoms with Gasteiger partial charge in [0.2, 0.25) is 4.80 Å². The summed E-state index contributed by atoms with van der Waals surface area (Å²) in [4.78, 5) is 13.1. The van der Waals surface area contributed by atoms with Gasteiger partial charge in [-0.25, -0.2) is 5.43 Å². The molecule has 0 saturated carbocycles. The summed E-state index contributed by atoms with van der Waals surface area (Å²) < 4.78 is 2.61. The Balaban J connectivity index is 1.76. The molecule has 2 aromatic carbocycles. The van der Waals surface area contributed by atoms with Crippen molar-refractivity contribution in [2.75, 3.05) is 6.61 Å². The average molecular weight is 592 g/mol. The van der Waals surface area contributed by atoms with E-state index in [0.29, 0.717) is 4.80 Å². The first-order valence-corrected chi connectivity index (χ1v) is 12.7. The van der Waals surface area contributed by atoms with E-state index in [1.807, 2.05) is 60.0 Å². The molecule has 1 heterocycles. The Kier molecular flexibility index (Phi) is 10.8. The molecule has 3 rings (SSSR count). The zero-order chi connectivity index (χ0) is 26.8. The lowest BCUT2D eigenvalue weighted by Crippen LogP contribution is -2.46. The molecule has 0 saturated heterocycles. The van der Waals surface area contributed by atoms with Crippen LogP contribution in [0.4, 0.5) is 0 Å². The van der Waals surface area contributed by atoms with Crippen LogP contribution >= 0.6 is 27.3 Å². The Morgan fingerprint density at radius 2 is 1.76 bits per heavy atom. The molecule has 13 heteroatoms. The molecule has 1 aromatic heterocycles. The number of halogens is 1. The molecule has 196 valence electrons. The molecular formula is C24H26BrN5O6S. The first-order chi connectivity index (χ1) is 17.8. The number of carbonyl (C=O) groups excluding carboxylic acids is 1. The maximum Gasteiger partial charge on any atom is 0.260 e. The number of aliphatic hydroxyl groups is 5. The fraction of sp³-hybridized carbons (Fsp3) is 0.250. The van der Waals surface area contributed by atoms with Crippen molar-refractivity contribution in [3.63, 3.8) is 0 Å². The molecule has 0 aliphatic carbocycles. The van der Waals surface area contributed by atoms with Gasteiger partial charge in [-0.2, -0.15) is 10.2 Å². The SMILES string of the molecule is O=C(Cn1c(-c2ccccc2)cs/c1=N/N=C/c1ccc(Br)cc1)N/N=C/[C@H](O)[C@@H](O)[C@@H](O)[C@H](O)CO. The number of hydrazone groups is 1. The van der Waals surface area contributed by atoms with Crippen molar-refractivity contribution >= 4 is 45.6 Å². The molecule has 0 aliphatic rings. The van der Waals surface area contributed by atoms with Gasteiger partial charge in [0.15, 0.2) is 0 Å². The van der Waals surface area contributed by atoms with E-state index < -0.39 is 36.9 Å². The van der Waals surface area contributed by atoms with Crippen molar-refractivity contribution in [3.8, 4) is 11.3 Å². The Bertz CT molecular complexity index is 1280. The summed E-state index contributed by atoms with van der Waals surface area (Å²) >= 11 is 4.68. The summed E-state index contributed by atoms with van der Waals surface area (Å²) in [6.07, 6.45) is -4.58. The number of nitrogens with one attached hydrogen (secondary N) is 1. The van der Waals surface area contributed by atoms with Gasteiger partial charge in [0.25, 0.3) is 5.91 Å². The van der Waals surface area contributed by atoms with Crippen molar-refractivity contribution in [2.45, 2.75) is 31.0 Å². The van der Waals surface area contributed by atoms with Crippen LogP contribution in [0.3, 0.4) is 0 Å². The third kappa shape index (κ3) is 8.23. The van der Waals surface area contributed by atoms with Crippen LogP contribution < -0.4 is 10.2 Å². The van der Waals surface area contributed by atoms with Crippen LogP contribution in [-0.2, 0) is 11.3 Å². The topological polar surface area (TPSA) is 172 Å². The van der Waals surface area contributed by atoms with Crippen molar-refractivity contribution in [1.29, 1.82) is 0 Å². The normalized spacial score (nSPS) is 15.7. The largest absolute Gasteiger partial charge is 0.394 e. The molecular weight excluding hydrogens is 566 g/mol. The predicted octanol–water partition coefficient (Wildman–Crippen LogP) is 0.452. The van der Waals surface area contributed by atoms with Crippen molar-refractivity contribution in [1.82, 2.24) is 9.99 Å². The zero-order valence-electron chi connectivity index (χ0n) is 19.4. The van der Waals surface area contributed by atoms with E-state index >= 15 is 0 Å². The second-order valence-corrected chi connectivity index (χ2v) is 9.54. The first kappa shape index (κ1) is 28.5. The maximum absolute atomic E-state index is 12.6. The number of rotatable bonds is 11. The summed E-state index contributed by atoms with van der Waals surface area (Å²) in [5.74, 6) is -0.553. The number of carbonyl (C=O) groups is 1. The minimum absolute atomic E-state index is 0.178. The molecule has 0 radical (unpaired) electrons. The molecule has 0 unspecified atom stereocenters. The number of hydrogen-bond donors (Lipinski definition) is 6. The maximum atomic E-state index is 12.6. The van der Waals surface area contributed by atoms with Crippen LogP contribution in [0.15, 0.2) is 79.8 Å². The van der Waals surface area contributed by atoms with Gasteiger partial charge >= 0.3 is 0 Å². The molecule has 0 bridgehead atoms. The number of hydrogen-bond acceptors (Lipinski definition) is 10. The van der Waals surface area contributed by atoms with Crippen LogP contribution in [0, 0.1) is 0 Å². The van der Waals surface area contributed by atoms with E-state index in [-0.39, 0.29) is 6.54 Å². The van der Waals surface area contributed by atoms with Gasteiger partial charge in [0.05, 0.1) is 24.7 Å². The molecule has 6 N–H and O–H groups in total. The highest BCUT2D eigenvalue weighted by Gasteiger charge is 2.29. The third-order valence-electron chi connectivity index (χ3n) is 5.09. The van der Waals surface area contributed by atoms with E-state index in [1.54, 1.807) is 10.8 Å². The molecule has 37 heavy (non-hydrogen) atoms. The minimum atomic E-state index is -1.83. The minimum Gasteiger partial charge on any atom is -0.394 e. The number of thiazole rings is 1. The fourth-order valence-corrected chi connectivity index (χ4v) is 4.22. The quantitative estimate of drug-likeness (QED) is 0.139. The standard InChI is InChI=1S/C24H26BrN5O6S/c25-17-8-6-15(7-9-17)10-26-29-24-30(18(14-37-24)16-4-2-1-3-5-16)12-21(34)28-27-11-19(32)22(35)23(36)20(33)13-31/h1-11,14,19-20,22-23,31-33,35-36H,12-13H2,(H,28,34)/b26-10+,27-11+,29-24+/t19-,20+,22+,23-/m0/s1. The van der Waals surface area contributed by atoms with Crippen molar-refractivity contribution in [3.05, 3.63) is 74.8 Å². The Morgan fingerprint density at radius 1 is 1.05 bits per heavy atom. The highest BCUT2D eigenvalue weighted by Crippen LogP contribution is 2.19. The van der Waals surface area contributed by atoms with Gasteiger partial charge < -0.3 is 30.1 Å². The predicted molar refractivity (Wildman–Crippen MR) is 143 cm³/mol. The lowest BCUT2D eigenvalue weighted by Gasteiger charge is -2.23. The van der Waals surface area contributed by atoms with E-state index in [2.05, 4.69) is 36.7 Å². The lowest BCUT2D eigenvalue weighted by molar-refractivity contribution is -0.121. The second-order valence-electron chi connectivity index (χ2n) is 7.79. The monoisotopic (exact) mass is 591 g/mol. The average Bonchev–Trinajstić information content (AvgIpc) is 3.30. The van der Waals surface area contributed by atoms with Crippen LogP contribution in [0.2, 0.25) is 0 Å². The third-order valence-corrected chi connectivity index (χ3v) is 6.47. The highest BCUT2D eigenvalue weighted by molar-refractivity contribution is 9.10. The van der Waals surface area contributed by atoms with Gasteiger partial charge in [-0.05, 0) is 23.3 Å². The zero-order valence-corrected chi connectivity index (χ0v) is 21.8. The number of nitrogens with zero attached hydrogens (tertiary/aromatic N) is 4. The molecule has 1 amide bonds. The number of benzene rings is 2. The Labute approximate surface area is 224 Å². The lowest BCUT2D eigenvalue weighted by atomic mass is 10.0. The van der Waals surface area contributed by atoms with E-state index in [4.69, 9.17) is 5.11 Å². The van der Waals surface area contributed by atoms with Gasteiger partial charge in [0, 0.05) is 9.85 Å². The van der Waals surface area contributed by atoms with Crippen LogP contribution in [0.5, 0.6) is 0 Å². The summed E-state index contributed by atoms with van der Waals surface area (Å²) in [6.45, 7) is -0.983. The van der Waals surface area contributed by atoms with Gasteiger partial charge in [-0.3, -0.25) is 4.79 Å². The molecule has 0 aliphatic heterocycles. The van der Waals surface area contributed by atoms with Crippen LogP contribution in [0.1, 0.15) is 5.56 Å². The molecule has 3 aromatic rings. The first-order valence-electron chi connectivity index (χ1n) is 11.0. The summed E-state index contributed by atoms with van der Waals surface area (Å²) in [6, 6.07) is 16.9. The van der Waals surface area contributed by atoms with E-state index in [9.17, 15) is 25.2 Å². The van der Waals surface area contributed by atoms with Crippen molar-refractivity contribution in [2.24, 2.45) is 15.3 Å². The summed E-state index contributed by atoms with van der Waals surface area (Å²) in [5.41, 5.74) is 4.70. The number of aromatic nitrogens is 1. The number of amides is 1. The fourth-order valence-electron chi connectivity index (χ4n) is 3.09. The van der Waals surface area contributed by atoms with Crippen LogP contribution in [-0.4, -0.2) is 79.5 Å². The summed E-state index contributed by atoms with van der Waals surface area (Å²) in [5, 5.41) is 61.5. The highest BCUT2D eigenvalue weighted by atomic mass is 79.9. The summed E-state index contributed by atoms with van der Waals surface area (Å²) in [7, 11) is 0. The van der Waals surface area contributed by atoms with Gasteiger partial charge in [0.1, 0.15) is 31.0 Å². The van der Waals surface area contributed by atoms with E-state index in [0.717, 1.165) is 27.5 Å². The molecule has 11 nitrogen and oxygen atoms in total. The second kappa shape index (κ2) is 14.0. The van der Waals surface area contributed by atoms with Crippen molar-refractivity contribution < 1.29 is 30.3 Å².